The molecule has 0 fully saturated rings. The molecule has 0 spiro atoms. The van der Waals surface area contributed by atoms with E-state index < -0.39 is 0 Å². The summed E-state index contributed by atoms with van der Waals surface area (Å²) in [5.74, 6) is 0. The Balaban J connectivity index is 1.01. The van der Waals surface area contributed by atoms with Crippen molar-refractivity contribution in [1.29, 1.82) is 0 Å². The molecule has 0 aliphatic heterocycles. The Bertz CT molecular complexity index is 1760. The monoisotopic (exact) mass is 500 g/mol. The lowest BCUT2D eigenvalue weighted by atomic mass is 10.1. The van der Waals surface area contributed by atoms with E-state index in [0.717, 1.165) is 92.3 Å². The first-order chi connectivity index (χ1) is 18.7. The summed E-state index contributed by atoms with van der Waals surface area (Å²) in [4.78, 5) is 9.61. The highest BCUT2D eigenvalue weighted by molar-refractivity contribution is 6.08. The van der Waals surface area contributed by atoms with Gasteiger partial charge in [-0.1, -0.05) is 49.2 Å². The van der Waals surface area contributed by atoms with Crippen LogP contribution in [0.3, 0.4) is 0 Å². The zero-order chi connectivity index (χ0) is 25.9. The molecular formula is C32H32N6. The van der Waals surface area contributed by atoms with Crippen molar-refractivity contribution in [3.05, 3.63) is 84.9 Å². The molecule has 0 saturated heterocycles. The maximum atomic E-state index is 6.41. The number of fused-ring (bicyclic) bond motifs is 4. The van der Waals surface area contributed by atoms with Crippen LogP contribution in [-0.2, 0) is 0 Å². The Hall–Kier alpha value is -4.58. The highest BCUT2D eigenvalue weighted by Gasteiger charge is 2.09. The number of pyridine rings is 2. The van der Waals surface area contributed by atoms with E-state index in [0.29, 0.717) is 0 Å². The average molecular weight is 501 g/mol. The molecule has 0 saturated carbocycles. The summed E-state index contributed by atoms with van der Waals surface area (Å²) in [5, 5.41) is 11.5. The number of hydrogen-bond donors (Lipinski definition) is 4. The van der Waals surface area contributed by atoms with Crippen molar-refractivity contribution in [2.45, 2.75) is 25.7 Å². The van der Waals surface area contributed by atoms with Crippen molar-refractivity contribution in [2.24, 2.45) is 0 Å². The molecule has 2 aromatic heterocycles. The van der Waals surface area contributed by atoms with Crippen LogP contribution in [0.1, 0.15) is 25.7 Å². The van der Waals surface area contributed by atoms with E-state index in [1.165, 1.54) is 12.8 Å². The lowest BCUT2D eigenvalue weighted by molar-refractivity contribution is 0.671. The van der Waals surface area contributed by atoms with Gasteiger partial charge in [0.15, 0.2) is 0 Å². The van der Waals surface area contributed by atoms with Gasteiger partial charge in [-0.3, -0.25) is 0 Å². The third kappa shape index (κ3) is 4.73. The molecule has 0 bridgehead atoms. The number of aromatic nitrogens is 2. The Morgan fingerprint density at radius 2 is 1.11 bits per heavy atom. The van der Waals surface area contributed by atoms with E-state index >= 15 is 0 Å². The second-order valence-electron chi connectivity index (χ2n) is 9.82. The van der Waals surface area contributed by atoms with Gasteiger partial charge in [0.05, 0.1) is 33.4 Å². The van der Waals surface area contributed by atoms with Crippen LogP contribution >= 0.6 is 0 Å². The molecule has 0 radical (unpaired) electrons. The van der Waals surface area contributed by atoms with Gasteiger partial charge in [-0.25, -0.2) is 9.97 Å². The summed E-state index contributed by atoms with van der Waals surface area (Å²) in [6.45, 7) is 1.86. The van der Waals surface area contributed by atoms with Crippen molar-refractivity contribution in [2.75, 3.05) is 35.2 Å². The molecule has 4 aromatic carbocycles. The van der Waals surface area contributed by atoms with Crippen molar-refractivity contribution >= 4 is 66.4 Å². The second-order valence-corrected chi connectivity index (χ2v) is 9.82. The van der Waals surface area contributed by atoms with Crippen LogP contribution in [0, 0.1) is 0 Å². The fourth-order valence-electron chi connectivity index (χ4n) is 5.19. The Labute approximate surface area is 222 Å². The molecule has 6 nitrogen and oxygen atoms in total. The number of nitrogens with one attached hydrogen (secondary N) is 2. The van der Waals surface area contributed by atoms with Crippen LogP contribution in [0.5, 0.6) is 0 Å². The molecule has 0 atom stereocenters. The standard InChI is InChI=1S/C32H32N6/c33-21-13-15-26-29(19-21)38-28-12-6-4-10-25(28)32(26)36-18-8-2-1-7-17-35-22-14-16-24-30(20-22)37-27-11-5-3-9-23(27)31(24)34/h3-6,9-16,19-20,35H,1-2,7-8,17-18,33H2,(H2,34,37)(H,36,38). The molecule has 0 aliphatic rings. The molecule has 6 aromatic rings. The lowest BCUT2D eigenvalue weighted by Crippen LogP contribution is -2.05. The molecule has 6 heteroatoms. The summed E-state index contributed by atoms with van der Waals surface area (Å²) in [6, 6.07) is 28.5. The molecule has 38 heavy (non-hydrogen) atoms. The zero-order valence-corrected chi connectivity index (χ0v) is 21.4. The molecule has 190 valence electrons. The van der Waals surface area contributed by atoms with Gasteiger partial charge in [-0.05, 0) is 61.4 Å². The van der Waals surface area contributed by atoms with Crippen molar-refractivity contribution in [3.63, 3.8) is 0 Å². The number of anilines is 4. The SMILES string of the molecule is Nc1ccc2c(NCCCCCCNc3ccc4c(N)c5ccccc5nc4c3)c3ccccc3nc2c1. The van der Waals surface area contributed by atoms with Gasteiger partial charge in [-0.15, -0.1) is 0 Å². The number of unbranched alkanes of at least 4 members (excludes halogenated alkanes) is 3. The first kappa shape index (κ1) is 23.8. The van der Waals surface area contributed by atoms with Gasteiger partial charge in [-0.2, -0.15) is 0 Å². The molecule has 2 heterocycles. The first-order valence-electron chi connectivity index (χ1n) is 13.3. The summed E-state index contributed by atoms with van der Waals surface area (Å²) >= 11 is 0. The Morgan fingerprint density at radius 3 is 1.89 bits per heavy atom. The van der Waals surface area contributed by atoms with Crippen LogP contribution in [0.15, 0.2) is 84.9 Å². The minimum absolute atomic E-state index is 0.734. The summed E-state index contributed by atoms with van der Waals surface area (Å²) < 4.78 is 0. The first-order valence-corrected chi connectivity index (χ1v) is 13.3. The molecule has 6 rings (SSSR count). The van der Waals surface area contributed by atoms with Crippen LogP contribution < -0.4 is 22.1 Å². The average Bonchev–Trinajstić information content (AvgIpc) is 2.94. The van der Waals surface area contributed by atoms with Gasteiger partial charge in [0.25, 0.3) is 0 Å². The highest BCUT2D eigenvalue weighted by Crippen LogP contribution is 2.32. The Morgan fingerprint density at radius 1 is 0.526 bits per heavy atom. The summed E-state index contributed by atoms with van der Waals surface area (Å²) in [7, 11) is 0. The number of para-hydroxylation sites is 2. The Kier molecular flexibility index (Phi) is 6.53. The lowest BCUT2D eigenvalue weighted by Gasteiger charge is -2.14. The van der Waals surface area contributed by atoms with Gasteiger partial charge < -0.3 is 22.1 Å². The van der Waals surface area contributed by atoms with E-state index in [1.807, 2.05) is 42.5 Å². The maximum Gasteiger partial charge on any atom is 0.0751 e. The van der Waals surface area contributed by atoms with E-state index in [-0.39, 0.29) is 0 Å². The maximum absolute atomic E-state index is 6.41. The van der Waals surface area contributed by atoms with Crippen LogP contribution in [0.4, 0.5) is 22.7 Å². The van der Waals surface area contributed by atoms with Gasteiger partial charge in [0.2, 0.25) is 0 Å². The minimum Gasteiger partial charge on any atom is -0.399 e. The van der Waals surface area contributed by atoms with Gasteiger partial charge in [0.1, 0.15) is 0 Å². The van der Waals surface area contributed by atoms with Crippen molar-refractivity contribution in [3.8, 4) is 0 Å². The van der Waals surface area contributed by atoms with E-state index in [9.17, 15) is 0 Å². The quantitative estimate of drug-likeness (QED) is 0.0941. The second kappa shape index (κ2) is 10.4. The van der Waals surface area contributed by atoms with Crippen LogP contribution in [0.25, 0.3) is 43.6 Å². The highest BCUT2D eigenvalue weighted by atomic mass is 14.9. The molecule has 0 aliphatic carbocycles. The van der Waals surface area contributed by atoms with Crippen LogP contribution in [-0.4, -0.2) is 23.1 Å². The number of benzene rings is 4. The molecule has 0 unspecified atom stereocenters. The summed E-state index contributed by atoms with van der Waals surface area (Å²) in [6.07, 6.45) is 4.57. The zero-order valence-electron chi connectivity index (χ0n) is 21.4. The van der Waals surface area contributed by atoms with Gasteiger partial charge >= 0.3 is 0 Å². The molecule has 0 amide bonds. The van der Waals surface area contributed by atoms with Crippen molar-refractivity contribution in [1.82, 2.24) is 9.97 Å². The topological polar surface area (TPSA) is 102 Å². The van der Waals surface area contributed by atoms with Crippen LogP contribution in [0.2, 0.25) is 0 Å². The number of rotatable bonds is 9. The smallest absolute Gasteiger partial charge is 0.0751 e. The molecule has 6 N–H and O–H groups in total. The largest absolute Gasteiger partial charge is 0.399 e. The predicted octanol–water partition coefficient (Wildman–Crippen LogP) is 7.34. The fraction of sp³-hybridized carbons (Fsp3) is 0.188. The third-order valence-electron chi connectivity index (χ3n) is 7.16. The number of nitrogen functional groups attached to an aromatic ring is 2. The normalized spacial score (nSPS) is 11.5. The van der Waals surface area contributed by atoms with E-state index in [2.05, 4.69) is 53.1 Å². The number of nitrogens with zero attached hydrogens (tertiary/aromatic N) is 2. The van der Waals surface area contributed by atoms with Gasteiger partial charge in [0, 0.05) is 46.0 Å². The number of nitrogens with two attached hydrogens (primary N) is 2. The predicted molar refractivity (Wildman–Crippen MR) is 163 cm³/mol. The molecular weight excluding hydrogens is 468 g/mol. The van der Waals surface area contributed by atoms with E-state index in [4.69, 9.17) is 21.4 Å². The fourth-order valence-corrected chi connectivity index (χ4v) is 5.19. The minimum atomic E-state index is 0.734. The number of hydrogen-bond acceptors (Lipinski definition) is 6. The summed E-state index contributed by atoms with van der Waals surface area (Å²) in [5.41, 5.74) is 19.9. The van der Waals surface area contributed by atoms with E-state index in [1.54, 1.807) is 0 Å². The third-order valence-corrected chi connectivity index (χ3v) is 7.16. The van der Waals surface area contributed by atoms with Crippen molar-refractivity contribution < 1.29 is 0 Å².